The second kappa shape index (κ2) is 16.6. The fourth-order valence-electron chi connectivity index (χ4n) is 3.21. The molecule has 0 saturated heterocycles. The molecular formula is C30H39O6P. The second-order valence-corrected chi connectivity index (χ2v) is 9.44. The van der Waals surface area contributed by atoms with Gasteiger partial charge in [0, 0.05) is 0 Å². The van der Waals surface area contributed by atoms with Gasteiger partial charge in [0.25, 0.3) is 0 Å². The van der Waals surface area contributed by atoms with E-state index in [9.17, 15) is 0 Å². The van der Waals surface area contributed by atoms with Crippen LogP contribution in [0.3, 0.4) is 0 Å². The van der Waals surface area contributed by atoms with Gasteiger partial charge in [-0.15, -0.1) is 0 Å². The third-order valence-electron chi connectivity index (χ3n) is 5.33. The van der Waals surface area contributed by atoms with Gasteiger partial charge in [-0.25, -0.2) is 0 Å². The summed E-state index contributed by atoms with van der Waals surface area (Å²) in [5.41, 5.74) is 0. The fourth-order valence-corrected chi connectivity index (χ4v) is 4.26. The minimum absolute atomic E-state index is 0.554. The van der Waals surface area contributed by atoms with Crippen LogP contribution in [-0.4, -0.2) is 19.8 Å². The summed E-state index contributed by atoms with van der Waals surface area (Å²) in [6, 6.07) is 22.7. The average Bonchev–Trinajstić information content (AvgIpc) is 2.92. The summed E-state index contributed by atoms with van der Waals surface area (Å²) >= 11 is 0. The summed E-state index contributed by atoms with van der Waals surface area (Å²) < 4.78 is 36.9. The number of rotatable bonds is 18. The molecule has 0 aromatic heterocycles. The van der Waals surface area contributed by atoms with Crippen molar-refractivity contribution in [2.45, 2.75) is 59.3 Å². The van der Waals surface area contributed by atoms with Crippen LogP contribution in [0.2, 0.25) is 0 Å². The molecule has 7 heteroatoms. The molecule has 3 rings (SSSR count). The molecule has 0 fully saturated rings. The number of hydrogen-bond acceptors (Lipinski definition) is 6. The normalized spacial score (nSPS) is 10.7. The predicted molar refractivity (Wildman–Crippen MR) is 149 cm³/mol. The molecule has 0 saturated carbocycles. The van der Waals surface area contributed by atoms with Gasteiger partial charge in [0.15, 0.2) is 34.5 Å². The zero-order valence-corrected chi connectivity index (χ0v) is 23.1. The first-order valence-corrected chi connectivity index (χ1v) is 14.3. The Balaban J connectivity index is 1.86. The lowest BCUT2D eigenvalue weighted by Crippen LogP contribution is -2.07. The number of unbranched alkanes of at least 4 members (excludes halogenated alkanes) is 3. The highest BCUT2D eigenvalue weighted by molar-refractivity contribution is 7.43. The van der Waals surface area contributed by atoms with Crippen molar-refractivity contribution in [3.05, 3.63) is 72.8 Å². The maximum atomic E-state index is 6.33. The molecule has 3 aromatic rings. The third-order valence-corrected chi connectivity index (χ3v) is 6.37. The number of hydrogen-bond donors (Lipinski definition) is 0. The first-order valence-electron chi connectivity index (χ1n) is 13.2. The minimum Gasteiger partial charge on any atom is -0.490 e. The van der Waals surface area contributed by atoms with Crippen molar-refractivity contribution in [1.29, 1.82) is 0 Å². The molecule has 6 nitrogen and oxygen atoms in total. The largest absolute Gasteiger partial charge is 0.530 e. The maximum Gasteiger partial charge on any atom is 0.530 e. The lowest BCUT2D eigenvalue weighted by molar-refractivity contribution is 0.281. The van der Waals surface area contributed by atoms with E-state index in [4.69, 9.17) is 27.8 Å². The van der Waals surface area contributed by atoms with Crippen LogP contribution in [0.4, 0.5) is 0 Å². The topological polar surface area (TPSA) is 55.4 Å². The molecule has 0 aliphatic carbocycles. The van der Waals surface area contributed by atoms with E-state index < -0.39 is 8.60 Å². The fraction of sp³-hybridized carbons (Fsp3) is 0.400. The molecule has 0 radical (unpaired) electrons. The Bertz CT molecular complexity index is 912. The van der Waals surface area contributed by atoms with Crippen molar-refractivity contribution >= 4 is 8.60 Å². The Hall–Kier alpha value is -3.11. The van der Waals surface area contributed by atoms with Crippen molar-refractivity contribution in [3.8, 4) is 34.5 Å². The molecule has 37 heavy (non-hydrogen) atoms. The summed E-state index contributed by atoms with van der Waals surface area (Å²) in [5, 5.41) is 0. The predicted octanol–water partition coefficient (Wildman–Crippen LogP) is 8.99. The molecule has 0 N–H and O–H groups in total. The zero-order valence-electron chi connectivity index (χ0n) is 22.2. The minimum atomic E-state index is -1.93. The van der Waals surface area contributed by atoms with Crippen LogP contribution < -0.4 is 27.8 Å². The van der Waals surface area contributed by atoms with E-state index in [0.717, 1.165) is 38.5 Å². The van der Waals surface area contributed by atoms with Gasteiger partial charge in [-0.1, -0.05) is 76.4 Å². The monoisotopic (exact) mass is 526 g/mol. The van der Waals surface area contributed by atoms with Crippen LogP contribution in [0.5, 0.6) is 34.5 Å². The molecule has 3 aromatic carbocycles. The number of ether oxygens (including phenoxy) is 3. The third kappa shape index (κ3) is 9.70. The van der Waals surface area contributed by atoms with Crippen LogP contribution in [0.1, 0.15) is 59.3 Å². The van der Waals surface area contributed by atoms with Gasteiger partial charge in [-0.3, -0.25) is 0 Å². The van der Waals surface area contributed by atoms with Crippen molar-refractivity contribution in [1.82, 2.24) is 0 Å². The van der Waals surface area contributed by atoms with E-state index in [1.807, 2.05) is 72.8 Å². The molecule has 0 unspecified atom stereocenters. The summed E-state index contributed by atoms with van der Waals surface area (Å²) in [7, 11) is -1.93. The van der Waals surface area contributed by atoms with Crippen LogP contribution in [0.25, 0.3) is 0 Å². The molecule has 0 amide bonds. The Labute approximate surface area is 222 Å². The van der Waals surface area contributed by atoms with E-state index >= 15 is 0 Å². The van der Waals surface area contributed by atoms with Gasteiger partial charge >= 0.3 is 8.60 Å². The summed E-state index contributed by atoms with van der Waals surface area (Å²) in [5.74, 6) is 3.61. The standard InChI is InChI=1S/C30H39O6P/c1-4-7-22-31-25-16-10-13-19-28(25)34-37(35-29-20-14-11-17-26(29)32-23-8-5-2)36-30-21-15-12-18-27(30)33-24-9-6-3/h10-21H,4-9,22-24H2,1-3H3. The molecule has 0 aliphatic heterocycles. The number of benzene rings is 3. The van der Waals surface area contributed by atoms with Crippen molar-refractivity contribution in [2.75, 3.05) is 19.8 Å². The Kier molecular flexibility index (Phi) is 12.8. The molecule has 200 valence electrons. The lowest BCUT2D eigenvalue weighted by atomic mass is 10.3. The molecule has 0 heterocycles. The molecule has 0 atom stereocenters. The zero-order chi connectivity index (χ0) is 26.1. The molecule has 0 bridgehead atoms. The van der Waals surface area contributed by atoms with Gasteiger partial charge < -0.3 is 27.8 Å². The highest BCUT2D eigenvalue weighted by atomic mass is 31.2. The van der Waals surface area contributed by atoms with Crippen LogP contribution >= 0.6 is 8.60 Å². The van der Waals surface area contributed by atoms with Gasteiger partial charge in [-0.2, -0.15) is 0 Å². The van der Waals surface area contributed by atoms with Crippen LogP contribution in [-0.2, 0) is 0 Å². The highest BCUT2D eigenvalue weighted by Crippen LogP contribution is 2.48. The van der Waals surface area contributed by atoms with Gasteiger partial charge in [0.1, 0.15) is 0 Å². The molecule has 0 aliphatic rings. The quantitative estimate of drug-likeness (QED) is 0.122. The van der Waals surface area contributed by atoms with Gasteiger partial charge in [0.05, 0.1) is 19.8 Å². The molecular weight excluding hydrogens is 487 g/mol. The van der Waals surface area contributed by atoms with E-state index in [0.29, 0.717) is 54.3 Å². The van der Waals surface area contributed by atoms with E-state index in [2.05, 4.69) is 20.8 Å². The van der Waals surface area contributed by atoms with Gasteiger partial charge in [-0.05, 0) is 55.7 Å². The molecule has 0 spiro atoms. The first kappa shape index (κ1) is 28.5. The average molecular weight is 527 g/mol. The smallest absolute Gasteiger partial charge is 0.490 e. The van der Waals surface area contributed by atoms with Gasteiger partial charge in [0.2, 0.25) is 0 Å². The number of para-hydroxylation sites is 6. The first-order chi connectivity index (χ1) is 18.2. The summed E-state index contributed by atoms with van der Waals surface area (Å²) in [4.78, 5) is 0. The van der Waals surface area contributed by atoms with Crippen molar-refractivity contribution < 1.29 is 27.8 Å². The van der Waals surface area contributed by atoms with Crippen molar-refractivity contribution in [3.63, 3.8) is 0 Å². The highest BCUT2D eigenvalue weighted by Gasteiger charge is 2.25. The van der Waals surface area contributed by atoms with E-state index in [-0.39, 0.29) is 0 Å². The maximum absolute atomic E-state index is 6.33. The summed E-state index contributed by atoms with van der Waals surface area (Å²) in [6.07, 6.45) is 6.02. The Morgan fingerprint density at radius 1 is 0.432 bits per heavy atom. The summed E-state index contributed by atoms with van der Waals surface area (Å²) in [6.45, 7) is 8.22. The second-order valence-electron chi connectivity index (χ2n) is 8.44. The van der Waals surface area contributed by atoms with Crippen LogP contribution in [0, 0.1) is 0 Å². The van der Waals surface area contributed by atoms with E-state index in [1.54, 1.807) is 0 Å². The lowest BCUT2D eigenvalue weighted by Gasteiger charge is -2.21. The van der Waals surface area contributed by atoms with Crippen LogP contribution in [0.15, 0.2) is 72.8 Å². The Morgan fingerprint density at radius 3 is 0.973 bits per heavy atom. The SMILES string of the molecule is CCCCOc1ccccc1OP(Oc1ccccc1OCCCC)Oc1ccccc1OCCCC. The van der Waals surface area contributed by atoms with Crippen molar-refractivity contribution in [2.24, 2.45) is 0 Å². The Morgan fingerprint density at radius 2 is 0.703 bits per heavy atom. The van der Waals surface area contributed by atoms with E-state index in [1.165, 1.54) is 0 Å².